The number of alkyl halides is 3. The maximum atomic E-state index is 12.5. The molecule has 0 unspecified atom stereocenters. The van der Waals surface area contributed by atoms with Gasteiger partial charge in [-0.05, 0) is 29.8 Å². The van der Waals surface area contributed by atoms with Gasteiger partial charge in [0.1, 0.15) is 0 Å². The van der Waals surface area contributed by atoms with Crippen LogP contribution in [0.5, 0.6) is 0 Å². The molecule has 1 aromatic heterocycles. The summed E-state index contributed by atoms with van der Waals surface area (Å²) in [5, 5.41) is 6.77. The Kier molecular flexibility index (Phi) is 5.05. The largest absolute Gasteiger partial charge is 0.435 e. The van der Waals surface area contributed by atoms with Crippen molar-refractivity contribution in [2.75, 3.05) is 6.54 Å². The van der Waals surface area contributed by atoms with Crippen LogP contribution in [0, 0.1) is 0 Å². The van der Waals surface area contributed by atoms with Crippen LogP contribution >= 0.6 is 15.9 Å². The molecule has 21 heavy (non-hydrogen) atoms. The van der Waals surface area contributed by atoms with Gasteiger partial charge in [0.05, 0.1) is 6.54 Å². The van der Waals surface area contributed by atoms with Gasteiger partial charge in [-0.3, -0.25) is 4.68 Å². The molecule has 1 N–H and O–H groups in total. The molecule has 0 aliphatic heterocycles. The van der Waals surface area contributed by atoms with E-state index in [4.69, 9.17) is 0 Å². The fourth-order valence-corrected chi connectivity index (χ4v) is 2.43. The Balaban J connectivity index is 2.11. The molecule has 0 atom stereocenters. The Labute approximate surface area is 129 Å². The first-order chi connectivity index (χ1) is 9.90. The van der Waals surface area contributed by atoms with Crippen molar-refractivity contribution >= 4 is 15.9 Å². The van der Waals surface area contributed by atoms with Crippen LogP contribution in [0.25, 0.3) is 0 Å². The third kappa shape index (κ3) is 4.31. The van der Waals surface area contributed by atoms with Crippen molar-refractivity contribution in [1.82, 2.24) is 15.1 Å². The van der Waals surface area contributed by atoms with Crippen molar-refractivity contribution in [1.29, 1.82) is 0 Å². The first-order valence-corrected chi connectivity index (χ1v) is 7.28. The fraction of sp³-hybridized carbons (Fsp3) is 0.357. The maximum absolute atomic E-state index is 12.5. The summed E-state index contributed by atoms with van der Waals surface area (Å²) in [5.74, 6) is 0. The molecule has 7 heteroatoms. The fourth-order valence-electron chi connectivity index (χ4n) is 1.87. The molecular formula is C14H15BrF3N3. The zero-order valence-corrected chi connectivity index (χ0v) is 13.0. The maximum Gasteiger partial charge on any atom is 0.435 e. The Morgan fingerprint density at radius 3 is 2.62 bits per heavy atom. The summed E-state index contributed by atoms with van der Waals surface area (Å²) in [4.78, 5) is 0. The van der Waals surface area contributed by atoms with Gasteiger partial charge in [0.2, 0.25) is 0 Å². The van der Waals surface area contributed by atoms with Gasteiger partial charge in [-0.2, -0.15) is 18.3 Å². The van der Waals surface area contributed by atoms with E-state index in [1.54, 1.807) is 0 Å². The van der Waals surface area contributed by atoms with Crippen LogP contribution in [0.15, 0.2) is 34.9 Å². The molecule has 0 saturated heterocycles. The van der Waals surface area contributed by atoms with Gasteiger partial charge in [0.25, 0.3) is 0 Å². The number of hydrogen-bond donors (Lipinski definition) is 1. The zero-order valence-electron chi connectivity index (χ0n) is 11.4. The lowest BCUT2D eigenvalue weighted by Gasteiger charge is -2.08. The quantitative estimate of drug-likeness (QED) is 0.877. The predicted octanol–water partition coefficient (Wildman–Crippen LogP) is 3.82. The van der Waals surface area contributed by atoms with Crippen LogP contribution in [0.1, 0.15) is 23.7 Å². The van der Waals surface area contributed by atoms with Crippen LogP contribution < -0.4 is 5.32 Å². The topological polar surface area (TPSA) is 29.9 Å². The number of benzene rings is 1. The van der Waals surface area contributed by atoms with Gasteiger partial charge in [0, 0.05) is 17.2 Å². The number of nitrogens with zero attached hydrogens (tertiary/aromatic N) is 2. The van der Waals surface area contributed by atoms with Crippen LogP contribution in [0.3, 0.4) is 0 Å². The summed E-state index contributed by atoms with van der Waals surface area (Å²) in [6.07, 6.45) is -3.07. The van der Waals surface area contributed by atoms with Crippen molar-refractivity contribution < 1.29 is 13.2 Å². The van der Waals surface area contributed by atoms with Gasteiger partial charge in [-0.25, -0.2) is 0 Å². The first-order valence-electron chi connectivity index (χ1n) is 6.49. The summed E-state index contributed by atoms with van der Waals surface area (Å²) < 4.78 is 39.6. The summed E-state index contributed by atoms with van der Waals surface area (Å²) in [6.45, 7) is 3.96. The molecule has 0 spiro atoms. The molecule has 0 aliphatic rings. The summed E-state index contributed by atoms with van der Waals surface area (Å²) in [7, 11) is 0. The van der Waals surface area contributed by atoms with E-state index in [-0.39, 0.29) is 6.54 Å². The summed E-state index contributed by atoms with van der Waals surface area (Å²) >= 11 is 3.45. The van der Waals surface area contributed by atoms with Crippen LogP contribution in [0.2, 0.25) is 0 Å². The Morgan fingerprint density at radius 2 is 2.05 bits per heavy atom. The van der Waals surface area contributed by atoms with E-state index in [0.717, 1.165) is 34.8 Å². The SMILES string of the molecule is CCNCc1ccc(Cn2ccc(C(F)(F)F)n2)c(Br)c1. The Bertz CT molecular complexity index is 608. The Hall–Kier alpha value is -1.34. The molecule has 114 valence electrons. The van der Waals surface area contributed by atoms with E-state index in [1.807, 2.05) is 25.1 Å². The minimum atomic E-state index is -4.40. The third-order valence-corrected chi connectivity index (χ3v) is 3.70. The molecule has 0 saturated carbocycles. The van der Waals surface area contributed by atoms with Gasteiger partial charge in [0.15, 0.2) is 5.69 Å². The monoisotopic (exact) mass is 361 g/mol. The van der Waals surface area contributed by atoms with Crippen LogP contribution in [-0.4, -0.2) is 16.3 Å². The van der Waals surface area contributed by atoms with E-state index in [1.165, 1.54) is 10.9 Å². The van der Waals surface area contributed by atoms with Crippen molar-refractivity contribution in [3.05, 3.63) is 51.8 Å². The average molecular weight is 362 g/mol. The summed E-state index contributed by atoms with van der Waals surface area (Å²) in [6, 6.07) is 6.79. The van der Waals surface area contributed by atoms with E-state index in [2.05, 4.69) is 26.3 Å². The highest BCUT2D eigenvalue weighted by Crippen LogP contribution is 2.27. The average Bonchev–Trinajstić information content (AvgIpc) is 2.88. The van der Waals surface area contributed by atoms with Crippen molar-refractivity contribution in [2.24, 2.45) is 0 Å². The third-order valence-electron chi connectivity index (χ3n) is 2.96. The molecule has 2 rings (SSSR count). The number of rotatable bonds is 5. The van der Waals surface area contributed by atoms with Crippen molar-refractivity contribution in [2.45, 2.75) is 26.2 Å². The highest BCUT2D eigenvalue weighted by atomic mass is 79.9. The zero-order chi connectivity index (χ0) is 15.5. The number of nitrogens with one attached hydrogen (secondary N) is 1. The van der Waals surface area contributed by atoms with E-state index in [9.17, 15) is 13.2 Å². The van der Waals surface area contributed by atoms with Gasteiger partial charge >= 0.3 is 6.18 Å². The number of hydrogen-bond acceptors (Lipinski definition) is 2. The predicted molar refractivity (Wildman–Crippen MR) is 77.9 cm³/mol. The molecule has 0 amide bonds. The molecule has 0 radical (unpaired) electrons. The highest BCUT2D eigenvalue weighted by Gasteiger charge is 2.33. The minimum Gasteiger partial charge on any atom is -0.313 e. The smallest absolute Gasteiger partial charge is 0.313 e. The lowest BCUT2D eigenvalue weighted by Crippen LogP contribution is -2.12. The second-order valence-electron chi connectivity index (χ2n) is 4.60. The van der Waals surface area contributed by atoms with Crippen LogP contribution in [-0.2, 0) is 19.3 Å². The molecule has 0 bridgehead atoms. The van der Waals surface area contributed by atoms with Crippen LogP contribution in [0.4, 0.5) is 13.2 Å². The van der Waals surface area contributed by atoms with E-state index in [0.29, 0.717) is 0 Å². The lowest BCUT2D eigenvalue weighted by atomic mass is 10.1. The summed E-state index contributed by atoms with van der Waals surface area (Å²) in [5.41, 5.74) is 1.12. The van der Waals surface area contributed by atoms with E-state index >= 15 is 0 Å². The second kappa shape index (κ2) is 6.62. The van der Waals surface area contributed by atoms with Gasteiger partial charge in [-0.15, -0.1) is 0 Å². The molecule has 1 heterocycles. The molecule has 2 aromatic rings. The molecule has 1 aromatic carbocycles. The molecular weight excluding hydrogens is 347 g/mol. The van der Waals surface area contributed by atoms with Crippen molar-refractivity contribution in [3.8, 4) is 0 Å². The molecule has 0 aliphatic carbocycles. The molecule has 3 nitrogen and oxygen atoms in total. The van der Waals surface area contributed by atoms with E-state index < -0.39 is 11.9 Å². The van der Waals surface area contributed by atoms with Gasteiger partial charge < -0.3 is 5.32 Å². The normalized spacial score (nSPS) is 11.9. The van der Waals surface area contributed by atoms with Gasteiger partial charge in [-0.1, -0.05) is 35.0 Å². The highest BCUT2D eigenvalue weighted by molar-refractivity contribution is 9.10. The minimum absolute atomic E-state index is 0.290. The lowest BCUT2D eigenvalue weighted by molar-refractivity contribution is -0.141. The standard InChI is InChI=1S/C14H15BrF3N3/c1-2-19-8-10-3-4-11(12(15)7-10)9-21-6-5-13(20-21)14(16,17)18/h3-7,19H,2,8-9H2,1H3. The Morgan fingerprint density at radius 1 is 1.29 bits per heavy atom. The number of aromatic nitrogens is 2. The first kappa shape index (κ1) is 16.0. The second-order valence-corrected chi connectivity index (χ2v) is 5.46. The molecule has 0 fully saturated rings. The number of halogens is 4. The van der Waals surface area contributed by atoms with Crippen molar-refractivity contribution in [3.63, 3.8) is 0 Å².